The summed E-state index contributed by atoms with van der Waals surface area (Å²) < 4.78 is 6.81. The fourth-order valence-corrected chi connectivity index (χ4v) is 2.69. The van der Waals surface area contributed by atoms with E-state index >= 15 is 0 Å². The van der Waals surface area contributed by atoms with E-state index in [0.717, 1.165) is 5.56 Å². The molecule has 0 bridgehead atoms. The van der Waals surface area contributed by atoms with E-state index in [0.29, 0.717) is 28.6 Å². The van der Waals surface area contributed by atoms with E-state index in [1.807, 2.05) is 31.2 Å². The third-order valence-corrected chi connectivity index (χ3v) is 3.82. The normalized spacial score (nSPS) is 12.0. The van der Waals surface area contributed by atoms with Gasteiger partial charge in [0.05, 0.1) is 12.8 Å². The highest BCUT2D eigenvalue weighted by atomic mass is 35.5. The Balaban J connectivity index is 2.11. The van der Waals surface area contributed by atoms with Crippen LogP contribution in [0.5, 0.6) is 5.88 Å². The van der Waals surface area contributed by atoms with Crippen molar-refractivity contribution in [3.63, 3.8) is 0 Å². The van der Waals surface area contributed by atoms with Gasteiger partial charge in [-0.1, -0.05) is 29.8 Å². The number of halogens is 1. The van der Waals surface area contributed by atoms with Gasteiger partial charge in [-0.3, -0.25) is 4.79 Å². The fraction of sp³-hybridized carbons (Fsp3) is 0.375. The van der Waals surface area contributed by atoms with E-state index in [1.54, 1.807) is 18.7 Å². The van der Waals surface area contributed by atoms with Gasteiger partial charge in [0.2, 0.25) is 5.88 Å². The molecular weight excluding hydrogens is 302 g/mol. The second-order valence-corrected chi connectivity index (χ2v) is 5.67. The lowest BCUT2D eigenvalue weighted by Crippen LogP contribution is -2.34. The Kier molecular flexibility index (Phi) is 5.08. The summed E-state index contributed by atoms with van der Waals surface area (Å²) in [4.78, 5) is 12.5. The molecule has 0 unspecified atom stereocenters. The molecule has 1 N–H and O–H groups in total. The molecule has 22 heavy (non-hydrogen) atoms. The van der Waals surface area contributed by atoms with Crippen LogP contribution in [-0.2, 0) is 13.5 Å². The number of methoxy groups -OCH3 is 1. The van der Waals surface area contributed by atoms with Gasteiger partial charge in [0.15, 0.2) is 0 Å². The van der Waals surface area contributed by atoms with Crippen molar-refractivity contribution >= 4 is 17.5 Å². The van der Waals surface area contributed by atoms with Crippen LogP contribution in [0.15, 0.2) is 24.3 Å². The third kappa shape index (κ3) is 3.42. The number of hydrogen-bond donors (Lipinski definition) is 1. The van der Waals surface area contributed by atoms with Crippen LogP contribution in [-0.4, -0.2) is 28.8 Å². The van der Waals surface area contributed by atoms with Crippen molar-refractivity contribution in [2.45, 2.75) is 26.3 Å². The zero-order chi connectivity index (χ0) is 16.3. The zero-order valence-corrected chi connectivity index (χ0v) is 13.9. The zero-order valence-electron chi connectivity index (χ0n) is 13.2. The van der Waals surface area contributed by atoms with Gasteiger partial charge in [0, 0.05) is 18.1 Å². The lowest BCUT2D eigenvalue weighted by molar-refractivity contribution is 0.0936. The molecule has 1 aromatic heterocycles. The number of aryl methyl sites for hydroxylation is 2. The number of ether oxygens (including phenoxy) is 1. The number of benzene rings is 1. The van der Waals surface area contributed by atoms with Crippen molar-refractivity contribution in [3.8, 4) is 5.88 Å². The maximum absolute atomic E-state index is 12.5. The predicted octanol–water partition coefficient (Wildman–Crippen LogP) is 2.75. The van der Waals surface area contributed by atoms with Gasteiger partial charge in [-0.15, -0.1) is 0 Å². The minimum absolute atomic E-state index is 0.0586. The first-order chi connectivity index (χ1) is 10.4. The summed E-state index contributed by atoms with van der Waals surface area (Å²) in [7, 11) is 3.27. The highest BCUT2D eigenvalue weighted by Crippen LogP contribution is 2.21. The van der Waals surface area contributed by atoms with Crippen molar-refractivity contribution in [1.82, 2.24) is 15.1 Å². The van der Waals surface area contributed by atoms with Gasteiger partial charge in [-0.25, -0.2) is 4.68 Å². The minimum Gasteiger partial charge on any atom is -0.481 e. The van der Waals surface area contributed by atoms with Crippen molar-refractivity contribution < 1.29 is 9.53 Å². The lowest BCUT2D eigenvalue weighted by atomic mass is 10.1. The number of hydrogen-bond acceptors (Lipinski definition) is 3. The molecule has 2 aromatic rings. The lowest BCUT2D eigenvalue weighted by Gasteiger charge is -2.15. The molecule has 0 fully saturated rings. The highest BCUT2D eigenvalue weighted by molar-refractivity contribution is 6.31. The average Bonchev–Trinajstić information content (AvgIpc) is 2.75. The van der Waals surface area contributed by atoms with Gasteiger partial charge in [-0.05, 0) is 31.9 Å². The van der Waals surface area contributed by atoms with Gasteiger partial charge in [-0.2, -0.15) is 5.10 Å². The van der Waals surface area contributed by atoms with Crippen LogP contribution in [0.3, 0.4) is 0 Å². The summed E-state index contributed by atoms with van der Waals surface area (Å²) in [5.41, 5.74) is 2.12. The minimum atomic E-state index is -0.193. The predicted molar refractivity (Wildman–Crippen MR) is 86.6 cm³/mol. The summed E-state index contributed by atoms with van der Waals surface area (Å²) in [5, 5.41) is 7.90. The summed E-state index contributed by atoms with van der Waals surface area (Å²) in [6, 6.07) is 7.57. The first kappa shape index (κ1) is 16.4. The van der Waals surface area contributed by atoms with Crippen molar-refractivity contribution in [2.24, 2.45) is 7.05 Å². The molecule has 118 valence electrons. The molecule has 0 saturated carbocycles. The van der Waals surface area contributed by atoms with Gasteiger partial charge in [0.25, 0.3) is 5.91 Å². The molecule has 5 nitrogen and oxygen atoms in total. The first-order valence-electron chi connectivity index (χ1n) is 7.06. The number of nitrogens with zero attached hydrogens (tertiary/aromatic N) is 2. The molecule has 6 heteroatoms. The SMILES string of the molecule is COc1c(C(=O)N[C@H](C)Cc2ccccc2Cl)c(C)nn1C. The van der Waals surface area contributed by atoms with Crippen LogP contribution >= 0.6 is 11.6 Å². The third-order valence-electron chi connectivity index (χ3n) is 3.45. The van der Waals surface area contributed by atoms with Gasteiger partial charge in [0.1, 0.15) is 5.56 Å². The first-order valence-corrected chi connectivity index (χ1v) is 7.43. The second kappa shape index (κ2) is 6.83. The summed E-state index contributed by atoms with van der Waals surface area (Å²) in [6.45, 7) is 3.73. The van der Waals surface area contributed by atoms with E-state index in [1.165, 1.54) is 7.11 Å². The molecule has 1 heterocycles. The summed E-state index contributed by atoms with van der Waals surface area (Å²) in [6.07, 6.45) is 0.660. The van der Waals surface area contributed by atoms with Crippen LogP contribution in [0.2, 0.25) is 5.02 Å². The molecule has 1 amide bonds. The number of carbonyl (C=O) groups excluding carboxylic acids is 1. The fourth-order valence-electron chi connectivity index (χ4n) is 2.47. The summed E-state index contributed by atoms with van der Waals surface area (Å²) >= 11 is 6.15. The average molecular weight is 322 g/mol. The standard InChI is InChI=1S/C16H20ClN3O2/c1-10(9-12-7-5-6-8-13(12)17)18-15(21)14-11(2)19-20(3)16(14)22-4/h5-8,10H,9H2,1-4H3,(H,18,21)/t10-/m1/s1. The molecule has 0 radical (unpaired) electrons. The van der Waals surface area contributed by atoms with Gasteiger partial charge < -0.3 is 10.1 Å². The van der Waals surface area contributed by atoms with E-state index in [-0.39, 0.29) is 11.9 Å². The van der Waals surface area contributed by atoms with E-state index in [4.69, 9.17) is 16.3 Å². The number of rotatable bonds is 5. The van der Waals surface area contributed by atoms with Crippen LogP contribution < -0.4 is 10.1 Å². The molecule has 1 atom stereocenters. The quantitative estimate of drug-likeness (QED) is 0.921. The van der Waals surface area contributed by atoms with E-state index in [2.05, 4.69) is 10.4 Å². The number of nitrogens with one attached hydrogen (secondary N) is 1. The Morgan fingerprint density at radius 1 is 1.45 bits per heavy atom. The van der Waals surface area contributed by atoms with Crippen LogP contribution in [0, 0.1) is 6.92 Å². The van der Waals surface area contributed by atoms with Crippen LogP contribution in [0.25, 0.3) is 0 Å². The maximum atomic E-state index is 12.5. The molecule has 1 aromatic carbocycles. The largest absolute Gasteiger partial charge is 0.481 e. The van der Waals surface area contributed by atoms with E-state index < -0.39 is 0 Å². The highest BCUT2D eigenvalue weighted by Gasteiger charge is 2.22. The number of carbonyl (C=O) groups is 1. The summed E-state index contributed by atoms with van der Waals surface area (Å²) in [5.74, 6) is 0.266. The molecule has 0 spiro atoms. The molecular formula is C16H20ClN3O2. The van der Waals surface area contributed by atoms with Crippen molar-refractivity contribution in [3.05, 3.63) is 46.1 Å². The van der Waals surface area contributed by atoms with Crippen LogP contribution in [0.1, 0.15) is 28.5 Å². The van der Waals surface area contributed by atoms with Gasteiger partial charge >= 0.3 is 0 Å². The van der Waals surface area contributed by atoms with Crippen LogP contribution in [0.4, 0.5) is 0 Å². The number of aromatic nitrogens is 2. The topological polar surface area (TPSA) is 56.1 Å². The molecule has 0 saturated heterocycles. The smallest absolute Gasteiger partial charge is 0.258 e. The van der Waals surface area contributed by atoms with Crippen molar-refractivity contribution in [1.29, 1.82) is 0 Å². The Morgan fingerprint density at radius 3 is 2.77 bits per heavy atom. The van der Waals surface area contributed by atoms with E-state index in [9.17, 15) is 4.79 Å². The Morgan fingerprint density at radius 2 is 2.14 bits per heavy atom. The Hall–Kier alpha value is -2.01. The Bertz CT molecular complexity index is 682. The van der Waals surface area contributed by atoms with Crippen molar-refractivity contribution in [2.75, 3.05) is 7.11 Å². The number of amides is 1. The molecule has 0 aliphatic heterocycles. The molecule has 0 aliphatic rings. The Labute approximate surface area is 135 Å². The monoisotopic (exact) mass is 321 g/mol. The molecule has 0 aliphatic carbocycles. The maximum Gasteiger partial charge on any atom is 0.258 e. The molecule has 2 rings (SSSR count). The second-order valence-electron chi connectivity index (χ2n) is 5.26.